The van der Waals surface area contributed by atoms with E-state index in [0.717, 1.165) is 13.0 Å². The Hall–Kier alpha value is -1.50. The third-order valence-corrected chi connectivity index (χ3v) is 5.33. The summed E-state index contributed by atoms with van der Waals surface area (Å²) in [4.78, 5) is 17.0. The minimum Gasteiger partial charge on any atom is -0.345 e. The number of tetrazole rings is 1. The van der Waals surface area contributed by atoms with Crippen LogP contribution in [0.3, 0.4) is 0 Å². The summed E-state index contributed by atoms with van der Waals surface area (Å²) in [5.74, 6) is 0.892. The molecule has 2 aliphatic heterocycles. The van der Waals surface area contributed by atoms with Gasteiger partial charge < -0.3 is 9.80 Å². The molecule has 0 aliphatic carbocycles. The quantitative estimate of drug-likeness (QED) is 0.787. The third-order valence-electron chi connectivity index (χ3n) is 5.33. The number of aryl methyl sites for hydroxylation is 1. The number of fused-ring (bicyclic) bond motifs is 1. The molecule has 0 N–H and O–H groups in total. The fourth-order valence-electron chi connectivity index (χ4n) is 4.11. The highest BCUT2D eigenvalue weighted by Crippen LogP contribution is 2.31. The molecule has 2 atom stereocenters. The van der Waals surface area contributed by atoms with E-state index in [-0.39, 0.29) is 5.91 Å². The molecule has 7 nitrogen and oxygen atoms in total. The van der Waals surface area contributed by atoms with Gasteiger partial charge in [-0.3, -0.25) is 4.79 Å². The van der Waals surface area contributed by atoms with Crippen molar-refractivity contribution in [1.29, 1.82) is 0 Å². The Balaban J connectivity index is 1.43. The van der Waals surface area contributed by atoms with E-state index in [1.54, 1.807) is 11.0 Å². The molecule has 1 amide bonds. The molecule has 23 heavy (non-hydrogen) atoms. The highest BCUT2D eigenvalue weighted by Gasteiger charge is 2.33. The van der Waals surface area contributed by atoms with Gasteiger partial charge in [0.25, 0.3) is 0 Å². The van der Waals surface area contributed by atoms with Crippen molar-refractivity contribution in [3.8, 4) is 0 Å². The summed E-state index contributed by atoms with van der Waals surface area (Å²) < 4.78 is 1.67. The van der Waals surface area contributed by atoms with Crippen molar-refractivity contribution >= 4 is 5.91 Å². The Bertz CT molecular complexity index is 489. The van der Waals surface area contributed by atoms with Gasteiger partial charge in [0.05, 0.1) is 0 Å². The summed E-state index contributed by atoms with van der Waals surface area (Å²) in [5, 5.41) is 11.0. The number of nitrogens with zero attached hydrogens (tertiary/aromatic N) is 6. The van der Waals surface area contributed by atoms with Crippen LogP contribution in [0.5, 0.6) is 0 Å². The largest absolute Gasteiger partial charge is 0.345 e. The van der Waals surface area contributed by atoms with Crippen LogP contribution in [0.1, 0.15) is 44.9 Å². The molecule has 0 saturated carbocycles. The van der Waals surface area contributed by atoms with E-state index >= 15 is 0 Å². The van der Waals surface area contributed by atoms with E-state index in [9.17, 15) is 4.79 Å². The third kappa shape index (κ3) is 4.28. The van der Waals surface area contributed by atoms with Crippen molar-refractivity contribution in [2.75, 3.05) is 26.7 Å². The molecule has 3 rings (SSSR count). The predicted octanol–water partition coefficient (Wildman–Crippen LogP) is 1.18. The molecule has 7 heteroatoms. The summed E-state index contributed by atoms with van der Waals surface area (Å²) >= 11 is 0. The lowest BCUT2D eigenvalue weighted by molar-refractivity contribution is -0.131. The molecule has 2 aliphatic rings. The van der Waals surface area contributed by atoms with Gasteiger partial charge in [-0.15, -0.1) is 5.10 Å². The van der Waals surface area contributed by atoms with Gasteiger partial charge in [-0.05, 0) is 61.5 Å². The topological polar surface area (TPSA) is 67.2 Å². The van der Waals surface area contributed by atoms with E-state index < -0.39 is 0 Å². The number of amides is 1. The lowest BCUT2D eigenvalue weighted by Crippen LogP contribution is -2.51. The highest BCUT2D eigenvalue weighted by atomic mass is 16.2. The number of hydrogen-bond donors (Lipinski definition) is 0. The lowest BCUT2D eigenvalue weighted by Gasteiger charge is -2.45. The van der Waals surface area contributed by atoms with Crippen LogP contribution in [-0.4, -0.2) is 68.6 Å². The molecule has 2 saturated heterocycles. The minimum atomic E-state index is 0.242. The maximum atomic E-state index is 12.4. The average Bonchev–Trinajstić information content (AvgIpc) is 3.08. The average molecular weight is 320 g/mol. The molecule has 0 aromatic carbocycles. The molecule has 0 radical (unpaired) electrons. The second-order valence-electron chi connectivity index (χ2n) is 6.95. The smallest absolute Gasteiger partial charge is 0.222 e. The van der Waals surface area contributed by atoms with E-state index in [0.29, 0.717) is 24.9 Å². The first-order valence-electron chi connectivity index (χ1n) is 8.93. The Kier molecular flexibility index (Phi) is 5.59. The van der Waals surface area contributed by atoms with Crippen molar-refractivity contribution in [3.63, 3.8) is 0 Å². The van der Waals surface area contributed by atoms with Crippen LogP contribution in [0.15, 0.2) is 6.33 Å². The fourth-order valence-corrected chi connectivity index (χ4v) is 4.11. The minimum absolute atomic E-state index is 0.242. The van der Waals surface area contributed by atoms with Crippen LogP contribution in [0.4, 0.5) is 0 Å². The van der Waals surface area contributed by atoms with Crippen LogP contribution in [0.25, 0.3) is 0 Å². The first-order valence-corrected chi connectivity index (χ1v) is 8.93. The van der Waals surface area contributed by atoms with Crippen molar-refractivity contribution < 1.29 is 4.79 Å². The fraction of sp³-hybridized carbons (Fsp3) is 0.875. The normalized spacial score (nSPS) is 25.1. The van der Waals surface area contributed by atoms with Gasteiger partial charge in [0.15, 0.2) is 0 Å². The first-order chi connectivity index (χ1) is 11.2. The number of aromatic nitrogens is 4. The van der Waals surface area contributed by atoms with Crippen molar-refractivity contribution in [1.82, 2.24) is 30.0 Å². The number of carbonyl (C=O) groups is 1. The van der Waals surface area contributed by atoms with E-state index in [1.165, 1.54) is 45.2 Å². The molecule has 1 aromatic rings. The zero-order chi connectivity index (χ0) is 16.1. The Morgan fingerprint density at radius 3 is 2.96 bits per heavy atom. The zero-order valence-corrected chi connectivity index (χ0v) is 14.1. The van der Waals surface area contributed by atoms with Gasteiger partial charge in [-0.2, -0.15) is 0 Å². The number of piperidine rings is 2. The first kappa shape index (κ1) is 16.4. The molecule has 128 valence electrons. The van der Waals surface area contributed by atoms with E-state index in [1.807, 2.05) is 11.9 Å². The van der Waals surface area contributed by atoms with Gasteiger partial charge in [-0.25, -0.2) is 4.68 Å². The number of carbonyl (C=O) groups excluding carboxylic acids is 1. The predicted molar refractivity (Wildman–Crippen MR) is 86.6 cm³/mol. The van der Waals surface area contributed by atoms with Gasteiger partial charge in [0, 0.05) is 32.6 Å². The Morgan fingerprint density at radius 2 is 2.13 bits per heavy atom. The van der Waals surface area contributed by atoms with Gasteiger partial charge in [0.1, 0.15) is 6.33 Å². The molecular formula is C16H28N6O. The van der Waals surface area contributed by atoms with Crippen LogP contribution in [-0.2, 0) is 11.3 Å². The molecule has 2 unspecified atom stereocenters. The van der Waals surface area contributed by atoms with E-state index in [4.69, 9.17) is 0 Å². The molecule has 0 spiro atoms. The Morgan fingerprint density at radius 1 is 1.26 bits per heavy atom. The molecule has 1 aromatic heterocycles. The molecule has 0 bridgehead atoms. The highest BCUT2D eigenvalue weighted by molar-refractivity contribution is 5.75. The van der Waals surface area contributed by atoms with Gasteiger partial charge >= 0.3 is 0 Å². The maximum Gasteiger partial charge on any atom is 0.222 e. The summed E-state index contributed by atoms with van der Waals surface area (Å²) in [5.41, 5.74) is 0. The number of hydrogen-bond acceptors (Lipinski definition) is 5. The molecule has 3 heterocycles. The second kappa shape index (κ2) is 7.86. The monoisotopic (exact) mass is 320 g/mol. The van der Waals surface area contributed by atoms with Gasteiger partial charge in [-0.1, -0.05) is 6.42 Å². The van der Waals surface area contributed by atoms with Gasteiger partial charge in [0.2, 0.25) is 5.91 Å². The summed E-state index contributed by atoms with van der Waals surface area (Å²) in [6.07, 6.45) is 9.49. The summed E-state index contributed by atoms with van der Waals surface area (Å²) in [6, 6.07) is 0.703. The number of rotatable bonds is 6. The Labute approximate surface area is 138 Å². The standard InChI is InChI=1S/C16H28N6O/c1-20(16(23)8-5-11-22-13-17-18-19-22)12-14-6-4-10-21-9-3-2-7-15(14)21/h13-15H,2-12H2,1H3. The maximum absolute atomic E-state index is 12.4. The molecular weight excluding hydrogens is 292 g/mol. The van der Waals surface area contributed by atoms with Crippen molar-refractivity contribution in [3.05, 3.63) is 6.33 Å². The van der Waals surface area contributed by atoms with Crippen LogP contribution in [0.2, 0.25) is 0 Å². The summed E-state index contributed by atoms with van der Waals surface area (Å²) in [7, 11) is 1.96. The van der Waals surface area contributed by atoms with Crippen molar-refractivity contribution in [2.45, 2.75) is 57.5 Å². The SMILES string of the molecule is CN(CC1CCCN2CCCCC12)C(=O)CCCn1cnnn1. The van der Waals surface area contributed by atoms with Crippen molar-refractivity contribution in [2.24, 2.45) is 5.92 Å². The van der Waals surface area contributed by atoms with Crippen LogP contribution >= 0.6 is 0 Å². The zero-order valence-electron chi connectivity index (χ0n) is 14.1. The molecule has 2 fully saturated rings. The lowest BCUT2D eigenvalue weighted by atomic mass is 9.83. The van der Waals surface area contributed by atoms with E-state index in [2.05, 4.69) is 20.4 Å². The second-order valence-corrected chi connectivity index (χ2v) is 6.95. The summed E-state index contributed by atoms with van der Waals surface area (Å²) in [6.45, 7) is 4.12. The van der Waals surface area contributed by atoms with Crippen LogP contribution in [0, 0.1) is 5.92 Å². The van der Waals surface area contributed by atoms with Crippen LogP contribution < -0.4 is 0 Å².